The summed E-state index contributed by atoms with van der Waals surface area (Å²) in [5.41, 5.74) is -0.919. The molecule has 7 atom stereocenters. The lowest BCUT2D eigenvalue weighted by atomic mass is 9.82. The SMILES string of the molecule is CCC[C@H](NC(=O)[C@@H]1[C@H]2CCC(F)(F)[C@H]2CN1C(=O)C(NC(=O)[C@@H](NC(=O)c1ncc[nH]1)C1CCCCC1)C(C)(C)C)C(O)C(=O)NC1CC1. The number of alkyl halides is 2. The van der Waals surface area contributed by atoms with Gasteiger partial charge in [-0.05, 0) is 55.8 Å². The van der Waals surface area contributed by atoms with Crippen LogP contribution in [0.4, 0.5) is 8.78 Å². The van der Waals surface area contributed by atoms with E-state index in [1.807, 2.05) is 6.92 Å². The molecule has 0 bridgehead atoms. The molecule has 5 rings (SSSR count). The van der Waals surface area contributed by atoms with E-state index in [2.05, 4.69) is 31.2 Å². The molecule has 2 unspecified atom stereocenters. The summed E-state index contributed by atoms with van der Waals surface area (Å²) in [7, 11) is 0. The predicted molar refractivity (Wildman–Crippen MR) is 178 cm³/mol. The van der Waals surface area contributed by atoms with Gasteiger partial charge in [-0.25, -0.2) is 13.8 Å². The minimum atomic E-state index is -3.10. The third kappa shape index (κ3) is 8.46. The van der Waals surface area contributed by atoms with Crippen LogP contribution in [0.1, 0.15) is 109 Å². The number of imidazole rings is 1. The first-order valence-electron chi connectivity index (χ1n) is 18.2. The summed E-state index contributed by atoms with van der Waals surface area (Å²) in [6.07, 6.45) is 7.50. The number of rotatable bonds is 13. The number of aliphatic hydroxyl groups excluding tert-OH is 1. The molecule has 50 heavy (non-hydrogen) atoms. The lowest BCUT2D eigenvalue weighted by molar-refractivity contribution is -0.146. The first-order chi connectivity index (χ1) is 23.6. The Bertz CT molecular complexity index is 1390. The number of carbonyl (C=O) groups is 5. The number of carbonyl (C=O) groups excluding carboxylic acids is 5. The van der Waals surface area contributed by atoms with Crippen LogP contribution in [0.15, 0.2) is 12.4 Å². The Hall–Kier alpha value is -3.62. The van der Waals surface area contributed by atoms with Crippen molar-refractivity contribution in [2.45, 2.75) is 141 Å². The van der Waals surface area contributed by atoms with E-state index >= 15 is 8.78 Å². The maximum absolute atomic E-state index is 15.2. The van der Waals surface area contributed by atoms with Crippen LogP contribution >= 0.6 is 0 Å². The highest BCUT2D eigenvalue weighted by molar-refractivity contribution is 5.97. The van der Waals surface area contributed by atoms with Gasteiger partial charge in [-0.3, -0.25) is 24.0 Å². The van der Waals surface area contributed by atoms with Crippen molar-refractivity contribution >= 4 is 29.5 Å². The van der Waals surface area contributed by atoms with E-state index in [-0.39, 0.29) is 37.2 Å². The zero-order chi connectivity index (χ0) is 36.4. The van der Waals surface area contributed by atoms with Gasteiger partial charge in [-0.2, -0.15) is 0 Å². The molecule has 278 valence electrons. The normalized spacial score (nSPS) is 25.9. The number of halogens is 2. The van der Waals surface area contributed by atoms with Gasteiger partial charge in [-0.15, -0.1) is 0 Å². The number of nitrogens with zero attached hydrogens (tertiary/aromatic N) is 2. The van der Waals surface area contributed by atoms with Gasteiger partial charge in [0, 0.05) is 37.3 Å². The summed E-state index contributed by atoms with van der Waals surface area (Å²) in [4.78, 5) is 76.3. The van der Waals surface area contributed by atoms with Gasteiger partial charge in [0.2, 0.25) is 17.7 Å². The topological polar surface area (TPSA) is 186 Å². The van der Waals surface area contributed by atoms with E-state index in [4.69, 9.17) is 0 Å². The van der Waals surface area contributed by atoms with Gasteiger partial charge < -0.3 is 36.3 Å². The van der Waals surface area contributed by atoms with Crippen molar-refractivity contribution in [2.75, 3.05) is 6.54 Å². The molecule has 1 aromatic heterocycles. The highest BCUT2D eigenvalue weighted by Gasteiger charge is 2.61. The zero-order valence-corrected chi connectivity index (χ0v) is 29.5. The quantitative estimate of drug-likeness (QED) is 0.182. The second-order valence-electron chi connectivity index (χ2n) is 15.7. The molecular weight excluding hydrogens is 652 g/mol. The number of aliphatic hydroxyl groups is 1. The maximum atomic E-state index is 15.2. The third-order valence-corrected chi connectivity index (χ3v) is 10.9. The Morgan fingerprint density at radius 3 is 2.32 bits per heavy atom. The second kappa shape index (κ2) is 15.3. The van der Waals surface area contributed by atoms with Crippen LogP contribution < -0.4 is 21.3 Å². The smallest absolute Gasteiger partial charge is 0.287 e. The maximum Gasteiger partial charge on any atom is 0.287 e. The van der Waals surface area contributed by atoms with Gasteiger partial charge in [-0.1, -0.05) is 53.4 Å². The highest BCUT2D eigenvalue weighted by Crippen LogP contribution is 2.51. The minimum Gasteiger partial charge on any atom is -0.381 e. The Morgan fingerprint density at radius 1 is 1.02 bits per heavy atom. The third-order valence-electron chi connectivity index (χ3n) is 10.9. The molecule has 4 fully saturated rings. The van der Waals surface area contributed by atoms with Crippen molar-refractivity contribution in [3.8, 4) is 0 Å². The monoisotopic (exact) mass is 705 g/mol. The molecule has 15 heteroatoms. The van der Waals surface area contributed by atoms with Crippen molar-refractivity contribution in [1.82, 2.24) is 36.1 Å². The van der Waals surface area contributed by atoms with Gasteiger partial charge in [0.1, 0.15) is 18.1 Å². The fraction of sp³-hybridized carbons (Fsp3) is 0.771. The molecule has 0 radical (unpaired) electrons. The van der Waals surface area contributed by atoms with E-state index in [0.717, 1.165) is 37.0 Å². The molecule has 2 heterocycles. The van der Waals surface area contributed by atoms with E-state index in [9.17, 15) is 29.1 Å². The Morgan fingerprint density at radius 2 is 1.72 bits per heavy atom. The molecule has 4 aliphatic rings. The molecule has 3 aliphatic carbocycles. The molecule has 0 spiro atoms. The van der Waals surface area contributed by atoms with E-state index in [1.54, 1.807) is 20.8 Å². The standard InChI is InChI=1S/C35H53F2N7O6/c1-5-9-23(26(45)31(48)40-20-12-13-20)41-30(47)25-21-14-15-35(36,37)22(21)18-44(25)33(50)27(34(2,3)4)43-29(46)24(19-10-7-6-8-11-19)42-32(49)28-38-16-17-39-28/h16-17,19-27,45H,5-15,18H2,1-4H3,(H,38,39)(H,40,48)(H,41,47)(H,42,49)(H,43,46)/t21-,22-,23-,24-,25-,26?,27?/m0/s1. The van der Waals surface area contributed by atoms with Crippen molar-refractivity contribution < 1.29 is 37.9 Å². The fourth-order valence-electron chi connectivity index (χ4n) is 7.92. The molecule has 3 saturated carbocycles. The molecule has 1 aliphatic heterocycles. The first kappa shape index (κ1) is 37.6. The van der Waals surface area contributed by atoms with Crippen LogP contribution in [0.25, 0.3) is 0 Å². The summed E-state index contributed by atoms with van der Waals surface area (Å²) in [5.74, 6) is -8.55. The number of aromatic amines is 1. The lowest BCUT2D eigenvalue weighted by Gasteiger charge is -2.38. The van der Waals surface area contributed by atoms with E-state index < -0.39 is 89.4 Å². The fourth-order valence-corrected chi connectivity index (χ4v) is 7.92. The Balaban J connectivity index is 1.39. The lowest BCUT2D eigenvalue weighted by Crippen LogP contribution is -2.62. The molecular formula is C35H53F2N7O6. The molecule has 0 aromatic carbocycles. The van der Waals surface area contributed by atoms with Gasteiger partial charge in [0.25, 0.3) is 17.7 Å². The summed E-state index contributed by atoms with van der Waals surface area (Å²) in [6.45, 7) is 6.65. The zero-order valence-electron chi connectivity index (χ0n) is 29.5. The average molecular weight is 706 g/mol. The number of fused-ring (bicyclic) bond motifs is 1. The number of hydrogen-bond acceptors (Lipinski definition) is 7. The van der Waals surface area contributed by atoms with Crippen LogP contribution in [-0.2, 0) is 19.2 Å². The summed E-state index contributed by atoms with van der Waals surface area (Å²) >= 11 is 0. The summed E-state index contributed by atoms with van der Waals surface area (Å²) in [5, 5.41) is 22.0. The minimum absolute atomic E-state index is 0.0117. The largest absolute Gasteiger partial charge is 0.381 e. The van der Waals surface area contributed by atoms with Crippen LogP contribution in [0, 0.1) is 23.2 Å². The van der Waals surface area contributed by atoms with Gasteiger partial charge >= 0.3 is 0 Å². The molecule has 1 saturated heterocycles. The van der Waals surface area contributed by atoms with Crippen molar-refractivity contribution in [1.29, 1.82) is 0 Å². The van der Waals surface area contributed by atoms with Crippen LogP contribution in [0.3, 0.4) is 0 Å². The van der Waals surface area contributed by atoms with Crippen molar-refractivity contribution in [2.24, 2.45) is 23.2 Å². The number of amides is 5. The Labute approximate surface area is 291 Å². The number of aromatic nitrogens is 2. The summed E-state index contributed by atoms with van der Waals surface area (Å²) in [6, 6.07) is -4.51. The van der Waals surface area contributed by atoms with Gasteiger partial charge in [0.15, 0.2) is 11.9 Å². The van der Waals surface area contributed by atoms with Crippen molar-refractivity contribution in [3.05, 3.63) is 18.2 Å². The van der Waals surface area contributed by atoms with Crippen LogP contribution in [0.5, 0.6) is 0 Å². The number of likely N-dealkylation sites (tertiary alicyclic amines) is 1. The average Bonchev–Trinajstić information content (AvgIpc) is 3.43. The predicted octanol–water partition coefficient (Wildman–Crippen LogP) is 2.42. The van der Waals surface area contributed by atoms with E-state index in [1.165, 1.54) is 12.4 Å². The van der Waals surface area contributed by atoms with E-state index in [0.29, 0.717) is 19.3 Å². The van der Waals surface area contributed by atoms with Crippen LogP contribution in [-0.4, -0.2) is 98.3 Å². The van der Waals surface area contributed by atoms with Crippen LogP contribution in [0.2, 0.25) is 0 Å². The first-order valence-corrected chi connectivity index (χ1v) is 18.2. The van der Waals surface area contributed by atoms with Crippen molar-refractivity contribution in [3.63, 3.8) is 0 Å². The number of nitrogens with one attached hydrogen (secondary N) is 5. The molecule has 1 aromatic rings. The second-order valence-corrected chi connectivity index (χ2v) is 15.7. The highest BCUT2D eigenvalue weighted by atomic mass is 19.3. The van der Waals surface area contributed by atoms with Gasteiger partial charge in [0.05, 0.1) is 6.04 Å². The molecule has 5 amide bonds. The summed E-state index contributed by atoms with van der Waals surface area (Å²) < 4.78 is 30.5. The molecule has 13 nitrogen and oxygen atoms in total. The number of H-pyrrole nitrogens is 1. The number of hydrogen-bond donors (Lipinski definition) is 6. The molecule has 6 N–H and O–H groups in total. The Kier molecular flexibility index (Phi) is 11.5.